The van der Waals surface area contributed by atoms with Crippen molar-refractivity contribution >= 4 is 23.4 Å². The van der Waals surface area contributed by atoms with Gasteiger partial charge in [-0.1, -0.05) is 11.6 Å². The van der Waals surface area contributed by atoms with Crippen LogP contribution in [0.5, 0.6) is 5.75 Å². The second kappa shape index (κ2) is 9.04. The Morgan fingerprint density at radius 1 is 1.06 bits per heavy atom. The Morgan fingerprint density at radius 2 is 1.75 bits per heavy atom. The van der Waals surface area contributed by atoms with Crippen LogP contribution in [0, 0.1) is 5.92 Å². The van der Waals surface area contributed by atoms with E-state index in [4.69, 9.17) is 16.3 Å². The van der Waals surface area contributed by atoms with Gasteiger partial charge in [-0.05, 0) is 63.1 Å². The minimum atomic E-state index is -4.72. The molecule has 4 saturated carbocycles. The molecule has 1 heterocycles. The largest absolute Gasteiger partial charge is 0.522 e. The molecule has 1 aromatic rings. The van der Waals surface area contributed by atoms with Gasteiger partial charge in [-0.3, -0.25) is 14.3 Å². The maximum Gasteiger partial charge on any atom is 0.522 e. The average molecular weight is 533 g/mol. The zero-order valence-corrected chi connectivity index (χ0v) is 20.1. The first-order chi connectivity index (χ1) is 16.9. The molecular formula is C24H28ClF3N2O6. The standard InChI is InChI=1S/C24H28ClF3N2O6/c25-13-1-2-17-15(9-13)16(31)10-18(35-17)21(34)29-22-3-5-23(6-4-22,19(32)11-22)30-20(33)12-7-14(8-12)36-24(26,27)28/h1-2,9,12,14,16,18-19,31-32H,3-8,10-11H2,(H,29,34)(H,30,33)/t12?,14?,16-,18-,19+,22?,23?/m1/s1. The number of ether oxygens (including phenoxy) is 2. The number of aliphatic hydroxyl groups excluding tert-OH is 2. The van der Waals surface area contributed by atoms with Crippen molar-refractivity contribution in [2.45, 2.75) is 93.2 Å². The van der Waals surface area contributed by atoms with E-state index in [-0.39, 0.29) is 37.5 Å². The molecule has 1 aliphatic heterocycles. The molecule has 36 heavy (non-hydrogen) atoms. The first-order valence-corrected chi connectivity index (χ1v) is 12.5. The average Bonchev–Trinajstić information content (AvgIpc) is 2.77. The lowest BCUT2D eigenvalue weighted by molar-refractivity contribution is -0.353. The summed E-state index contributed by atoms with van der Waals surface area (Å²) in [5.41, 5.74) is -1.01. The maximum atomic E-state index is 13.1. The van der Waals surface area contributed by atoms with Gasteiger partial charge < -0.3 is 25.6 Å². The van der Waals surface area contributed by atoms with Gasteiger partial charge in [0.15, 0.2) is 6.10 Å². The minimum Gasteiger partial charge on any atom is -0.480 e. The van der Waals surface area contributed by atoms with Crippen LogP contribution in [0.25, 0.3) is 0 Å². The number of rotatable bonds is 5. The number of halogens is 4. The predicted octanol–water partition coefficient (Wildman–Crippen LogP) is 2.89. The zero-order valence-electron chi connectivity index (χ0n) is 19.3. The molecular weight excluding hydrogens is 505 g/mol. The van der Waals surface area contributed by atoms with Crippen molar-refractivity contribution in [2.24, 2.45) is 5.92 Å². The summed E-state index contributed by atoms with van der Waals surface area (Å²) >= 11 is 5.98. The van der Waals surface area contributed by atoms with Crippen molar-refractivity contribution in [3.05, 3.63) is 28.8 Å². The van der Waals surface area contributed by atoms with Gasteiger partial charge in [0.25, 0.3) is 5.91 Å². The number of aliphatic hydroxyl groups is 2. The van der Waals surface area contributed by atoms with Crippen molar-refractivity contribution in [2.75, 3.05) is 0 Å². The second-order valence-electron chi connectivity index (χ2n) is 10.5. The lowest BCUT2D eigenvalue weighted by Gasteiger charge is -2.57. The zero-order chi connectivity index (χ0) is 25.9. The number of hydrogen-bond donors (Lipinski definition) is 4. The van der Waals surface area contributed by atoms with E-state index >= 15 is 0 Å². The summed E-state index contributed by atoms with van der Waals surface area (Å²) in [7, 11) is 0. The molecule has 2 bridgehead atoms. The van der Waals surface area contributed by atoms with Gasteiger partial charge in [-0.15, -0.1) is 13.2 Å². The third-order valence-corrected chi connectivity index (χ3v) is 8.41. The minimum absolute atomic E-state index is 0.0138. The summed E-state index contributed by atoms with van der Waals surface area (Å²) in [5.74, 6) is -0.952. The van der Waals surface area contributed by atoms with Gasteiger partial charge in [0.05, 0.1) is 23.9 Å². The summed E-state index contributed by atoms with van der Waals surface area (Å²) < 4.78 is 46.8. The van der Waals surface area contributed by atoms with E-state index in [1.165, 1.54) is 0 Å². The Labute approximate surface area is 210 Å². The van der Waals surface area contributed by atoms with E-state index in [9.17, 15) is 33.0 Å². The van der Waals surface area contributed by atoms with Crippen LogP contribution in [0.15, 0.2) is 18.2 Å². The fraction of sp³-hybridized carbons (Fsp3) is 0.667. The number of nitrogens with one attached hydrogen (secondary N) is 2. The van der Waals surface area contributed by atoms with Crippen LogP contribution in [-0.2, 0) is 14.3 Å². The van der Waals surface area contributed by atoms with Crippen molar-refractivity contribution in [3.8, 4) is 5.75 Å². The summed E-state index contributed by atoms with van der Waals surface area (Å²) in [6, 6.07) is 4.83. The maximum absolute atomic E-state index is 13.1. The first kappa shape index (κ1) is 25.6. The van der Waals surface area contributed by atoms with Crippen LogP contribution in [0.1, 0.15) is 63.0 Å². The van der Waals surface area contributed by atoms with E-state index in [0.29, 0.717) is 42.0 Å². The Balaban J connectivity index is 1.16. The molecule has 4 fully saturated rings. The fourth-order valence-electron chi connectivity index (χ4n) is 5.99. The van der Waals surface area contributed by atoms with Crippen LogP contribution >= 0.6 is 11.6 Å². The summed E-state index contributed by atoms with van der Waals surface area (Å²) in [6.45, 7) is 0. The molecule has 4 aliphatic carbocycles. The second-order valence-corrected chi connectivity index (χ2v) is 11.0. The fourth-order valence-corrected chi connectivity index (χ4v) is 6.18. The molecule has 4 N–H and O–H groups in total. The van der Waals surface area contributed by atoms with Crippen molar-refractivity contribution in [3.63, 3.8) is 0 Å². The molecule has 3 atom stereocenters. The number of carbonyl (C=O) groups is 2. The molecule has 0 aromatic heterocycles. The van der Waals surface area contributed by atoms with Crippen LogP contribution in [0.4, 0.5) is 13.2 Å². The third-order valence-electron chi connectivity index (χ3n) is 8.18. The molecule has 0 radical (unpaired) electrons. The topological polar surface area (TPSA) is 117 Å². The van der Waals surface area contributed by atoms with Crippen LogP contribution in [0.2, 0.25) is 5.02 Å². The molecule has 5 aliphatic rings. The molecule has 2 amide bonds. The lowest BCUT2D eigenvalue weighted by Crippen LogP contribution is -2.71. The Kier molecular flexibility index (Phi) is 6.42. The van der Waals surface area contributed by atoms with Gasteiger partial charge in [0.1, 0.15) is 5.75 Å². The number of alkyl halides is 3. The number of hydrogen-bond acceptors (Lipinski definition) is 6. The van der Waals surface area contributed by atoms with Gasteiger partial charge >= 0.3 is 6.36 Å². The Morgan fingerprint density at radius 3 is 2.39 bits per heavy atom. The number of fused-ring (bicyclic) bond motifs is 4. The predicted molar refractivity (Wildman–Crippen MR) is 120 cm³/mol. The molecule has 12 heteroatoms. The highest BCUT2D eigenvalue weighted by Crippen LogP contribution is 2.48. The van der Waals surface area contributed by atoms with Gasteiger partial charge in [0.2, 0.25) is 5.91 Å². The van der Waals surface area contributed by atoms with Crippen molar-refractivity contribution in [1.82, 2.24) is 10.6 Å². The van der Waals surface area contributed by atoms with Crippen LogP contribution < -0.4 is 15.4 Å². The van der Waals surface area contributed by atoms with Gasteiger partial charge in [-0.25, -0.2) is 0 Å². The highest BCUT2D eigenvalue weighted by atomic mass is 35.5. The van der Waals surface area contributed by atoms with E-state index < -0.39 is 47.8 Å². The highest BCUT2D eigenvalue weighted by molar-refractivity contribution is 6.30. The SMILES string of the molecule is O=C(NC12CCC(NC(=O)[C@H]3C[C@@H](O)c4cc(Cl)ccc4O3)(CC1)C[C@@H]2O)C1CC(OC(F)(F)F)C1. The summed E-state index contributed by atoms with van der Waals surface area (Å²) in [5, 5.41) is 27.8. The molecule has 6 rings (SSSR count). The third kappa shape index (κ3) is 4.90. The Bertz CT molecular complexity index is 1040. The summed E-state index contributed by atoms with van der Waals surface area (Å²) in [4.78, 5) is 25.8. The smallest absolute Gasteiger partial charge is 0.480 e. The van der Waals surface area contributed by atoms with Crippen LogP contribution in [0.3, 0.4) is 0 Å². The highest BCUT2D eigenvalue weighted by Gasteiger charge is 2.56. The molecule has 198 valence electrons. The normalized spacial score (nSPS) is 37.3. The van der Waals surface area contributed by atoms with Crippen molar-refractivity contribution < 1.29 is 42.4 Å². The van der Waals surface area contributed by atoms with Crippen LogP contribution in [-0.4, -0.2) is 57.8 Å². The lowest BCUT2D eigenvalue weighted by atomic mass is 9.59. The van der Waals surface area contributed by atoms with E-state index in [1.54, 1.807) is 18.2 Å². The Hall–Kier alpha value is -2.08. The van der Waals surface area contributed by atoms with E-state index in [1.807, 2.05) is 0 Å². The monoisotopic (exact) mass is 532 g/mol. The summed E-state index contributed by atoms with van der Waals surface area (Å²) in [6.07, 6.45) is -6.33. The molecule has 1 aromatic carbocycles. The quantitative estimate of drug-likeness (QED) is 0.463. The van der Waals surface area contributed by atoms with E-state index in [2.05, 4.69) is 15.4 Å². The molecule has 0 saturated heterocycles. The van der Waals surface area contributed by atoms with Crippen molar-refractivity contribution in [1.29, 1.82) is 0 Å². The number of carbonyl (C=O) groups excluding carboxylic acids is 2. The number of benzene rings is 1. The number of amides is 2. The molecule has 0 unspecified atom stereocenters. The van der Waals surface area contributed by atoms with Gasteiger partial charge in [0, 0.05) is 28.5 Å². The van der Waals surface area contributed by atoms with E-state index in [0.717, 1.165) is 0 Å². The molecule has 8 nitrogen and oxygen atoms in total. The van der Waals surface area contributed by atoms with Gasteiger partial charge in [-0.2, -0.15) is 0 Å². The first-order valence-electron chi connectivity index (χ1n) is 12.1. The molecule has 0 spiro atoms.